The number of methoxy groups -OCH3 is 1. The quantitative estimate of drug-likeness (QED) is 0.940. The summed E-state index contributed by atoms with van der Waals surface area (Å²) in [5.41, 5.74) is 0.456. The van der Waals surface area contributed by atoms with Crippen LogP contribution in [0.3, 0.4) is 0 Å². The minimum absolute atomic E-state index is 0.173. The number of hydrogen-bond donors (Lipinski definition) is 1. The first-order valence-corrected chi connectivity index (χ1v) is 5.95. The van der Waals surface area contributed by atoms with Gasteiger partial charge in [0, 0.05) is 0 Å². The Labute approximate surface area is 113 Å². The molecule has 0 aliphatic rings. The number of nitrogens with zero attached hydrogens (tertiary/aromatic N) is 2. The second kappa shape index (κ2) is 5.79. The molecule has 1 N–H and O–H groups in total. The summed E-state index contributed by atoms with van der Waals surface area (Å²) in [4.78, 5) is 8.01. The van der Waals surface area contributed by atoms with Gasteiger partial charge in [-0.3, -0.25) is 4.98 Å². The van der Waals surface area contributed by atoms with E-state index in [0.29, 0.717) is 17.3 Å². The highest BCUT2D eigenvalue weighted by Gasteiger charge is 2.06. The summed E-state index contributed by atoms with van der Waals surface area (Å²) in [5, 5.41) is 8.97. The van der Waals surface area contributed by atoms with Crippen LogP contribution in [0.4, 0.5) is 0 Å². The van der Waals surface area contributed by atoms with Gasteiger partial charge in [-0.1, -0.05) is 0 Å². The third kappa shape index (κ3) is 2.96. The second-order valence-electron chi connectivity index (χ2n) is 3.41. The Hall–Kier alpha value is -1.66. The van der Waals surface area contributed by atoms with Crippen molar-refractivity contribution in [1.82, 2.24) is 9.97 Å². The molecule has 1 aromatic heterocycles. The molecule has 5 nitrogen and oxygen atoms in total. The van der Waals surface area contributed by atoms with E-state index in [1.165, 1.54) is 12.4 Å². The van der Waals surface area contributed by atoms with Crippen molar-refractivity contribution in [2.24, 2.45) is 0 Å². The average Bonchev–Trinajstić information content (AvgIpc) is 2.41. The van der Waals surface area contributed by atoms with E-state index < -0.39 is 0 Å². The lowest BCUT2D eigenvalue weighted by atomic mass is 10.3. The molecule has 2 rings (SSSR count). The fourth-order valence-corrected chi connectivity index (χ4v) is 1.75. The molecule has 1 heterocycles. The lowest BCUT2D eigenvalue weighted by Crippen LogP contribution is -1.95. The molecular weight excluding hydrogens is 300 g/mol. The van der Waals surface area contributed by atoms with E-state index in [1.807, 2.05) is 0 Å². The van der Waals surface area contributed by atoms with E-state index in [9.17, 15) is 0 Å². The summed E-state index contributed by atoms with van der Waals surface area (Å²) in [5.74, 6) is 1.65. The summed E-state index contributed by atoms with van der Waals surface area (Å²) in [6.07, 6.45) is 2.96. The molecule has 0 spiro atoms. The Kier molecular flexibility index (Phi) is 4.11. The van der Waals surface area contributed by atoms with Gasteiger partial charge in [-0.05, 0) is 34.1 Å². The van der Waals surface area contributed by atoms with Crippen molar-refractivity contribution >= 4 is 15.9 Å². The second-order valence-corrected chi connectivity index (χ2v) is 4.26. The van der Waals surface area contributed by atoms with Crippen molar-refractivity contribution in [3.63, 3.8) is 0 Å². The standard InChI is InChI=1S/C12H11BrN2O3/c1-17-9-2-3-11(10(13)4-9)18-12-6-14-5-8(7-16)15-12/h2-6,16H,7H2,1H3. The van der Waals surface area contributed by atoms with Crippen LogP contribution in [-0.4, -0.2) is 22.2 Å². The van der Waals surface area contributed by atoms with Gasteiger partial charge in [-0.15, -0.1) is 0 Å². The average molecular weight is 311 g/mol. The van der Waals surface area contributed by atoms with Crippen molar-refractivity contribution in [3.8, 4) is 17.4 Å². The van der Waals surface area contributed by atoms with Crippen molar-refractivity contribution in [2.75, 3.05) is 7.11 Å². The highest BCUT2D eigenvalue weighted by atomic mass is 79.9. The van der Waals surface area contributed by atoms with Crippen LogP contribution in [0.15, 0.2) is 35.1 Å². The molecule has 0 fully saturated rings. The first-order valence-electron chi connectivity index (χ1n) is 5.16. The predicted octanol–water partition coefficient (Wildman–Crippen LogP) is 2.53. The third-order valence-corrected chi connectivity index (χ3v) is 2.80. The summed E-state index contributed by atoms with van der Waals surface area (Å²) < 4.78 is 11.4. The number of aliphatic hydroxyl groups is 1. The molecule has 0 saturated heterocycles. The molecular formula is C12H11BrN2O3. The highest BCUT2D eigenvalue weighted by Crippen LogP contribution is 2.31. The molecule has 0 bridgehead atoms. The fourth-order valence-electron chi connectivity index (χ4n) is 1.32. The van der Waals surface area contributed by atoms with Gasteiger partial charge in [0.2, 0.25) is 5.88 Å². The molecule has 0 unspecified atom stereocenters. The Morgan fingerprint density at radius 1 is 1.33 bits per heavy atom. The van der Waals surface area contributed by atoms with E-state index >= 15 is 0 Å². The van der Waals surface area contributed by atoms with Crippen molar-refractivity contribution in [1.29, 1.82) is 0 Å². The normalized spacial score (nSPS) is 10.2. The van der Waals surface area contributed by atoms with E-state index in [2.05, 4.69) is 25.9 Å². The maximum Gasteiger partial charge on any atom is 0.238 e. The summed E-state index contributed by atoms with van der Waals surface area (Å²) in [6, 6.07) is 5.33. The first-order chi connectivity index (χ1) is 8.72. The topological polar surface area (TPSA) is 64.5 Å². The molecule has 6 heteroatoms. The van der Waals surface area contributed by atoms with Crippen LogP contribution in [0.1, 0.15) is 5.69 Å². The first kappa shape index (κ1) is 12.8. The maximum atomic E-state index is 8.97. The van der Waals surface area contributed by atoms with Crippen molar-refractivity contribution in [2.45, 2.75) is 6.61 Å². The Balaban J connectivity index is 2.22. The molecule has 0 saturated carbocycles. The van der Waals surface area contributed by atoms with Crippen LogP contribution in [0.25, 0.3) is 0 Å². The Morgan fingerprint density at radius 2 is 2.17 bits per heavy atom. The fraction of sp³-hybridized carbons (Fsp3) is 0.167. The van der Waals surface area contributed by atoms with Gasteiger partial charge in [0.25, 0.3) is 0 Å². The van der Waals surface area contributed by atoms with E-state index in [4.69, 9.17) is 14.6 Å². The van der Waals surface area contributed by atoms with Gasteiger partial charge in [-0.25, -0.2) is 4.98 Å². The van der Waals surface area contributed by atoms with Gasteiger partial charge < -0.3 is 14.6 Å². The molecule has 2 aromatic rings. The largest absolute Gasteiger partial charge is 0.497 e. The number of benzene rings is 1. The molecule has 0 aliphatic heterocycles. The smallest absolute Gasteiger partial charge is 0.238 e. The van der Waals surface area contributed by atoms with Crippen LogP contribution in [0.2, 0.25) is 0 Å². The third-order valence-electron chi connectivity index (χ3n) is 2.18. The number of rotatable bonds is 4. The highest BCUT2D eigenvalue weighted by molar-refractivity contribution is 9.10. The molecule has 0 atom stereocenters. The molecule has 0 aliphatic carbocycles. The van der Waals surface area contributed by atoms with Gasteiger partial charge in [-0.2, -0.15) is 0 Å². The van der Waals surface area contributed by atoms with Crippen LogP contribution >= 0.6 is 15.9 Å². The molecule has 1 aromatic carbocycles. The Morgan fingerprint density at radius 3 is 2.83 bits per heavy atom. The van der Waals surface area contributed by atoms with Crippen molar-refractivity contribution in [3.05, 3.63) is 40.8 Å². The molecule has 0 amide bonds. The van der Waals surface area contributed by atoms with Gasteiger partial charge >= 0.3 is 0 Å². The lowest BCUT2D eigenvalue weighted by molar-refractivity contribution is 0.274. The van der Waals surface area contributed by atoms with Crippen LogP contribution in [0.5, 0.6) is 17.4 Å². The monoisotopic (exact) mass is 310 g/mol. The summed E-state index contributed by atoms with van der Waals surface area (Å²) >= 11 is 3.38. The zero-order chi connectivity index (χ0) is 13.0. The van der Waals surface area contributed by atoms with Crippen LogP contribution in [-0.2, 0) is 6.61 Å². The molecule has 0 radical (unpaired) electrons. The molecule has 18 heavy (non-hydrogen) atoms. The SMILES string of the molecule is COc1ccc(Oc2cncc(CO)n2)c(Br)c1. The summed E-state index contributed by atoms with van der Waals surface area (Å²) in [6.45, 7) is -0.173. The molecule has 94 valence electrons. The number of aromatic nitrogens is 2. The van der Waals surface area contributed by atoms with E-state index in [0.717, 1.165) is 10.2 Å². The van der Waals surface area contributed by atoms with Crippen LogP contribution in [0, 0.1) is 0 Å². The maximum absolute atomic E-state index is 8.97. The zero-order valence-corrected chi connectivity index (χ0v) is 11.2. The number of aliphatic hydroxyl groups excluding tert-OH is 1. The predicted molar refractivity (Wildman–Crippen MR) is 68.7 cm³/mol. The number of ether oxygens (including phenoxy) is 2. The zero-order valence-electron chi connectivity index (χ0n) is 9.63. The van der Waals surface area contributed by atoms with Crippen LogP contribution < -0.4 is 9.47 Å². The lowest BCUT2D eigenvalue weighted by Gasteiger charge is -2.08. The number of hydrogen-bond acceptors (Lipinski definition) is 5. The van der Waals surface area contributed by atoms with E-state index in [-0.39, 0.29) is 6.61 Å². The van der Waals surface area contributed by atoms with E-state index in [1.54, 1.807) is 25.3 Å². The minimum Gasteiger partial charge on any atom is -0.497 e. The van der Waals surface area contributed by atoms with Gasteiger partial charge in [0.05, 0.1) is 36.3 Å². The van der Waals surface area contributed by atoms with Gasteiger partial charge in [0.15, 0.2) is 0 Å². The minimum atomic E-state index is -0.173. The Bertz CT molecular complexity index is 549. The summed E-state index contributed by atoms with van der Waals surface area (Å²) in [7, 11) is 1.60. The number of halogens is 1. The van der Waals surface area contributed by atoms with Gasteiger partial charge in [0.1, 0.15) is 11.5 Å². The van der Waals surface area contributed by atoms with Crippen molar-refractivity contribution < 1.29 is 14.6 Å².